The van der Waals surface area contributed by atoms with Crippen molar-refractivity contribution < 1.29 is 9.84 Å². The Bertz CT molecular complexity index is 343. The first-order chi connectivity index (χ1) is 7.26. The Hall–Kier alpha value is -1.46. The van der Waals surface area contributed by atoms with E-state index < -0.39 is 6.10 Å². The summed E-state index contributed by atoms with van der Waals surface area (Å²) in [5.41, 5.74) is 0.894. The molecule has 80 valence electrons. The molecule has 1 atom stereocenters. The highest BCUT2D eigenvalue weighted by atomic mass is 16.5. The standard InChI is InChI=1S/C13H16O2/c1-3-4-12(14)8-5-11-6-9-13(15-2)10-7-11/h6-7,9-10,12,14H,3-4H2,1-2H3. The predicted octanol–water partition coefficient (Wildman–Crippen LogP) is 2.21. The zero-order valence-corrected chi connectivity index (χ0v) is 9.16. The molecular formula is C13H16O2. The van der Waals surface area contributed by atoms with Gasteiger partial charge in [-0.1, -0.05) is 25.2 Å². The highest BCUT2D eigenvalue weighted by molar-refractivity contribution is 5.38. The van der Waals surface area contributed by atoms with Gasteiger partial charge >= 0.3 is 0 Å². The molecule has 0 heterocycles. The van der Waals surface area contributed by atoms with E-state index in [4.69, 9.17) is 4.74 Å². The maximum absolute atomic E-state index is 9.41. The molecule has 0 fully saturated rings. The van der Waals surface area contributed by atoms with E-state index in [0.717, 1.165) is 24.2 Å². The van der Waals surface area contributed by atoms with Crippen molar-refractivity contribution in [3.63, 3.8) is 0 Å². The highest BCUT2D eigenvalue weighted by Crippen LogP contribution is 2.10. The summed E-state index contributed by atoms with van der Waals surface area (Å²) in [5.74, 6) is 6.54. The number of aliphatic hydroxyl groups is 1. The van der Waals surface area contributed by atoms with Crippen molar-refractivity contribution in [3.8, 4) is 17.6 Å². The van der Waals surface area contributed by atoms with E-state index in [9.17, 15) is 5.11 Å². The van der Waals surface area contributed by atoms with Crippen molar-refractivity contribution in [2.75, 3.05) is 7.11 Å². The fourth-order valence-corrected chi connectivity index (χ4v) is 1.19. The largest absolute Gasteiger partial charge is 0.497 e. The molecule has 1 aromatic carbocycles. The molecule has 0 saturated carbocycles. The van der Waals surface area contributed by atoms with Crippen molar-refractivity contribution in [1.82, 2.24) is 0 Å². The van der Waals surface area contributed by atoms with E-state index in [0.29, 0.717) is 0 Å². The predicted molar refractivity (Wildman–Crippen MR) is 60.8 cm³/mol. The van der Waals surface area contributed by atoms with Crippen LogP contribution in [0.1, 0.15) is 25.3 Å². The van der Waals surface area contributed by atoms with Gasteiger partial charge in [0.05, 0.1) is 7.11 Å². The van der Waals surface area contributed by atoms with Gasteiger partial charge in [-0.2, -0.15) is 0 Å². The first kappa shape index (κ1) is 11.6. The zero-order valence-electron chi connectivity index (χ0n) is 9.16. The second-order valence-corrected chi connectivity index (χ2v) is 3.30. The van der Waals surface area contributed by atoms with Crippen LogP contribution in [0.2, 0.25) is 0 Å². The second-order valence-electron chi connectivity index (χ2n) is 3.30. The molecule has 0 spiro atoms. The summed E-state index contributed by atoms with van der Waals surface area (Å²) in [6.07, 6.45) is 1.15. The lowest BCUT2D eigenvalue weighted by molar-refractivity contribution is 0.221. The Labute approximate surface area is 90.9 Å². The van der Waals surface area contributed by atoms with Crippen molar-refractivity contribution in [2.45, 2.75) is 25.9 Å². The number of hydrogen-bond donors (Lipinski definition) is 1. The van der Waals surface area contributed by atoms with Gasteiger partial charge in [0.15, 0.2) is 0 Å². The third-order valence-electron chi connectivity index (χ3n) is 2.04. The molecule has 1 rings (SSSR count). The minimum atomic E-state index is -0.517. The molecule has 1 aromatic rings. The minimum Gasteiger partial charge on any atom is -0.497 e. The monoisotopic (exact) mass is 204 g/mol. The maximum Gasteiger partial charge on any atom is 0.118 e. The fourth-order valence-electron chi connectivity index (χ4n) is 1.19. The minimum absolute atomic E-state index is 0.517. The zero-order chi connectivity index (χ0) is 11.1. The molecule has 2 heteroatoms. The van der Waals surface area contributed by atoms with Gasteiger partial charge in [0.1, 0.15) is 11.9 Å². The molecule has 0 aliphatic carbocycles. The van der Waals surface area contributed by atoms with E-state index in [-0.39, 0.29) is 0 Å². The Morgan fingerprint density at radius 3 is 2.53 bits per heavy atom. The first-order valence-corrected chi connectivity index (χ1v) is 5.10. The van der Waals surface area contributed by atoms with Crippen LogP contribution in [0, 0.1) is 11.8 Å². The summed E-state index contributed by atoms with van der Waals surface area (Å²) < 4.78 is 5.04. The van der Waals surface area contributed by atoms with Gasteiger partial charge in [-0.15, -0.1) is 0 Å². The van der Waals surface area contributed by atoms with E-state index in [2.05, 4.69) is 11.8 Å². The van der Waals surface area contributed by atoms with Crippen LogP contribution in [-0.2, 0) is 0 Å². The van der Waals surface area contributed by atoms with Crippen LogP contribution >= 0.6 is 0 Å². The van der Waals surface area contributed by atoms with E-state index >= 15 is 0 Å². The van der Waals surface area contributed by atoms with Crippen LogP contribution < -0.4 is 4.74 Å². The average Bonchev–Trinajstić information content (AvgIpc) is 2.27. The number of methoxy groups -OCH3 is 1. The van der Waals surface area contributed by atoms with Crippen LogP contribution in [0.15, 0.2) is 24.3 Å². The van der Waals surface area contributed by atoms with Gasteiger partial charge in [-0.3, -0.25) is 0 Å². The van der Waals surface area contributed by atoms with Crippen LogP contribution in [0.3, 0.4) is 0 Å². The Morgan fingerprint density at radius 1 is 1.33 bits per heavy atom. The summed E-state index contributed by atoms with van der Waals surface area (Å²) >= 11 is 0. The number of aliphatic hydroxyl groups excluding tert-OH is 1. The van der Waals surface area contributed by atoms with Gasteiger partial charge in [-0.05, 0) is 30.7 Å². The van der Waals surface area contributed by atoms with E-state index in [1.54, 1.807) is 7.11 Å². The summed E-state index contributed by atoms with van der Waals surface area (Å²) in [4.78, 5) is 0. The van der Waals surface area contributed by atoms with Gasteiger partial charge in [-0.25, -0.2) is 0 Å². The van der Waals surface area contributed by atoms with Crippen molar-refractivity contribution in [2.24, 2.45) is 0 Å². The molecule has 0 radical (unpaired) electrons. The molecule has 0 aliphatic heterocycles. The van der Waals surface area contributed by atoms with Crippen LogP contribution in [0.4, 0.5) is 0 Å². The smallest absolute Gasteiger partial charge is 0.118 e. The lowest BCUT2D eigenvalue weighted by Crippen LogP contribution is -2.00. The molecule has 0 bridgehead atoms. The summed E-state index contributed by atoms with van der Waals surface area (Å²) in [6, 6.07) is 7.47. The third kappa shape index (κ3) is 4.05. The Morgan fingerprint density at radius 2 is 2.00 bits per heavy atom. The molecule has 0 aromatic heterocycles. The van der Waals surface area contributed by atoms with Gasteiger partial charge in [0, 0.05) is 5.56 Å². The molecule has 15 heavy (non-hydrogen) atoms. The van der Waals surface area contributed by atoms with Crippen molar-refractivity contribution in [1.29, 1.82) is 0 Å². The molecule has 1 N–H and O–H groups in total. The third-order valence-corrected chi connectivity index (χ3v) is 2.04. The van der Waals surface area contributed by atoms with Crippen LogP contribution in [0.5, 0.6) is 5.75 Å². The SMILES string of the molecule is CCCC(O)C#Cc1ccc(OC)cc1. The van der Waals surface area contributed by atoms with Crippen LogP contribution in [-0.4, -0.2) is 18.3 Å². The molecule has 2 nitrogen and oxygen atoms in total. The highest BCUT2D eigenvalue weighted by Gasteiger charge is 1.95. The van der Waals surface area contributed by atoms with E-state index in [1.807, 2.05) is 31.2 Å². The van der Waals surface area contributed by atoms with Gasteiger partial charge < -0.3 is 9.84 Å². The summed E-state index contributed by atoms with van der Waals surface area (Å²) in [7, 11) is 1.63. The van der Waals surface area contributed by atoms with Crippen LogP contribution in [0.25, 0.3) is 0 Å². The maximum atomic E-state index is 9.41. The van der Waals surface area contributed by atoms with Crippen molar-refractivity contribution in [3.05, 3.63) is 29.8 Å². The van der Waals surface area contributed by atoms with E-state index in [1.165, 1.54) is 0 Å². The number of hydrogen-bond acceptors (Lipinski definition) is 2. The summed E-state index contributed by atoms with van der Waals surface area (Å²) in [5, 5.41) is 9.41. The quantitative estimate of drug-likeness (QED) is 0.765. The normalized spacial score (nSPS) is 11.4. The fraction of sp³-hybridized carbons (Fsp3) is 0.385. The Kier molecular flexibility index (Phi) is 4.73. The number of ether oxygens (including phenoxy) is 1. The van der Waals surface area contributed by atoms with Gasteiger partial charge in [0.2, 0.25) is 0 Å². The topological polar surface area (TPSA) is 29.5 Å². The molecular weight excluding hydrogens is 188 g/mol. The van der Waals surface area contributed by atoms with Gasteiger partial charge in [0.25, 0.3) is 0 Å². The average molecular weight is 204 g/mol. The molecule has 1 unspecified atom stereocenters. The molecule has 0 amide bonds. The lowest BCUT2D eigenvalue weighted by atomic mass is 10.2. The van der Waals surface area contributed by atoms with Crippen molar-refractivity contribution >= 4 is 0 Å². The number of rotatable bonds is 3. The second kappa shape index (κ2) is 6.10. The number of benzene rings is 1. The summed E-state index contributed by atoms with van der Waals surface area (Å²) in [6.45, 7) is 2.03. The lowest BCUT2D eigenvalue weighted by Gasteiger charge is -1.99. The molecule has 0 aliphatic rings. The molecule has 0 saturated heterocycles. The Balaban J connectivity index is 2.63. The first-order valence-electron chi connectivity index (χ1n) is 5.10.